The SMILES string of the molecule is O=C(Nc1ccc(F)cc1)N1CCC[C@H](c2nnc3ccccn23)C1. The lowest BCUT2D eigenvalue weighted by atomic mass is 9.97. The molecule has 1 N–H and O–H groups in total. The third kappa shape index (κ3) is 3.17. The van der Waals surface area contributed by atoms with Crippen LogP contribution >= 0.6 is 0 Å². The Kier molecular flexibility index (Phi) is 4.05. The van der Waals surface area contributed by atoms with E-state index >= 15 is 0 Å². The summed E-state index contributed by atoms with van der Waals surface area (Å²) in [6.07, 6.45) is 3.82. The minimum absolute atomic E-state index is 0.144. The zero-order valence-electron chi connectivity index (χ0n) is 13.6. The Morgan fingerprint density at radius 1 is 1.16 bits per heavy atom. The van der Waals surface area contributed by atoms with Crippen LogP contribution in [-0.2, 0) is 0 Å². The molecule has 1 aliphatic rings. The number of likely N-dealkylation sites (tertiary alicyclic amines) is 1. The molecule has 1 fully saturated rings. The normalized spacial score (nSPS) is 17.6. The fraction of sp³-hybridized carbons (Fsp3) is 0.278. The highest BCUT2D eigenvalue weighted by molar-refractivity contribution is 5.89. The van der Waals surface area contributed by atoms with Gasteiger partial charge in [0.1, 0.15) is 11.6 Å². The number of nitrogens with zero attached hydrogens (tertiary/aromatic N) is 4. The number of hydrogen-bond acceptors (Lipinski definition) is 3. The van der Waals surface area contributed by atoms with Crippen molar-refractivity contribution in [2.45, 2.75) is 18.8 Å². The maximum absolute atomic E-state index is 13.0. The summed E-state index contributed by atoms with van der Waals surface area (Å²) in [5.74, 6) is 0.703. The number of urea groups is 1. The Labute approximate surface area is 144 Å². The van der Waals surface area contributed by atoms with Gasteiger partial charge in [0.05, 0.1) is 0 Å². The summed E-state index contributed by atoms with van der Waals surface area (Å²) < 4.78 is 15.0. The molecule has 1 atom stereocenters. The van der Waals surface area contributed by atoms with Crippen molar-refractivity contribution >= 4 is 17.4 Å². The Morgan fingerprint density at radius 3 is 2.84 bits per heavy atom. The highest BCUT2D eigenvalue weighted by Gasteiger charge is 2.27. The molecule has 0 saturated carbocycles. The summed E-state index contributed by atoms with van der Waals surface area (Å²) in [7, 11) is 0. The lowest BCUT2D eigenvalue weighted by Crippen LogP contribution is -2.42. The molecule has 2 aromatic heterocycles. The first-order valence-electron chi connectivity index (χ1n) is 8.32. The van der Waals surface area contributed by atoms with E-state index in [-0.39, 0.29) is 17.8 Å². The Bertz CT molecular complexity index is 892. The predicted molar refractivity (Wildman–Crippen MR) is 92.0 cm³/mol. The van der Waals surface area contributed by atoms with Gasteiger partial charge in [-0.25, -0.2) is 9.18 Å². The van der Waals surface area contributed by atoms with Gasteiger partial charge in [0, 0.05) is 30.9 Å². The highest BCUT2D eigenvalue weighted by Crippen LogP contribution is 2.26. The first-order chi connectivity index (χ1) is 12.2. The Morgan fingerprint density at radius 2 is 2.00 bits per heavy atom. The first kappa shape index (κ1) is 15.6. The van der Waals surface area contributed by atoms with Crippen molar-refractivity contribution in [3.8, 4) is 0 Å². The van der Waals surface area contributed by atoms with Gasteiger partial charge in [-0.1, -0.05) is 6.07 Å². The van der Waals surface area contributed by atoms with E-state index in [4.69, 9.17) is 0 Å². The third-order valence-corrected chi connectivity index (χ3v) is 4.51. The number of pyridine rings is 1. The highest BCUT2D eigenvalue weighted by atomic mass is 19.1. The van der Waals surface area contributed by atoms with Crippen LogP contribution < -0.4 is 5.32 Å². The van der Waals surface area contributed by atoms with Crippen molar-refractivity contribution in [3.05, 3.63) is 60.3 Å². The lowest BCUT2D eigenvalue weighted by Gasteiger charge is -2.32. The average Bonchev–Trinajstić information content (AvgIpc) is 3.08. The largest absolute Gasteiger partial charge is 0.324 e. The molecule has 1 saturated heterocycles. The van der Waals surface area contributed by atoms with Crippen LogP contribution in [0, 0.1) is 5.82 Å². The number of anilines is 1. The second kappa shape index (κ2) is 6.51. The van der Waals surface area contributed by atoms with Crippen LogP contribution in [0.3, 0.4) is 0 Å². The molecule has 2 amide bonds. The van der Waals surface area contributed by atoms with Crippen LogP contribution in [0.15, 0.2) is 48.7 Å². The van der Waals surface area contributed by atoms with Crippen LogP contribution in [-0.4, -0.2) is 38.6 Å². The minimum atomic E-state index is -0.324. The lowest BCUT2D eigenvalue weighted by molar-refractivity contribution is 0.191. The molecule has 0 radical (unpaired) electrons. The zero-order valence-corrected chi connectivity index (χ0v) is 13.6. The van der Waals surface area contributed by atoms with Gasteiger partial charge in [-0.2, -0.15) is 0 Å². The second-order valence-electron chi connectivity index (χ2n) is 6.21. The molecule has 1 aromatic carbocycles. The third-order valence-electron chi connectivity index (χ3n) is 4.51. The zero-order chi connectivity index (χ0) is 17.2. The van der Waals surface area contributed by atoms with Crippen LogP contribution in [0.1, 0.15) is 24.6 Å². The fourth-order valence-corrected chi connectivity index (χ4v) is 3.25. The number of carbonyl (C=O) groups excluding carboxylic acids is 1. The molecule has 0 unspecified atom stereocenters. The maximum Gasteiger partial charge on any atom is 0.321 e. The summed E-state index contributed by atoms with van der Waals surface area (Å²) in [6.45, 7) is 1.28. The number of benzene rings is 1. The molecule has 4 rings (SSSR count). The number of carbonyl (C=O) groups is 1. The summed E-state index contributed by atoms with van der Waals surface area (Å²) in [5, 5.41) is 11.3. The molecule has 6 nitrogen and oxygen atoms in total. The average molecular weight is 339 g/mol. The van der Waals surface area contributed by atoms with E-state index in [1.165, 1.54) is 12.1 Å². The smallest absolute Gasteiger partial charge is 0.321 e. The molecular weight excluding hydrogens is 321 g/mol. The standard InChI is InChI=1S/C18H18FN5O/c19-14-6-8-15(9-7-14)20-18(25)23-10-3-4-13(12-23)17-22-21-16-5-1-2-11-24(16)17/h1-2,5-9,11,13H,3-4,10,12H2,(H,20,25)/t13-/m0/s1. The molecule has 3 aromatic rings. The van der Waals surface area contributed by atoms with Gasteiger partial charge in [-0.05, 0) is 49.2 Å². The topological polar surface area (TPSA) is 62.5 Å². The number of rotatable bonds is 2. The minimum Gasteiger partial charge on any atom is -0.324 e. The van der Waals surface area contributed by atoms with Gasteiger partial charge in [0.2, 0.25) is 0 Å². The number of piperidine rings is 1. The van der Waals surface area contributed by atoms with Crippen molar-refractivity contribution in [3.63, 3.8) is 0 Å². The number of hydrogen-bond donors (Lipinski definition) is 1. The molecule has 0 bridgehead atoms. The Balaban J connectivity index is 1.49. The molecular formula is C18H18FN5O. The molecule has 3 heterocycles. The van der Waals surface area contributed by atoms with E-state index in [2.05, 4.69) is 15.5 Å². The van der Waals surface area contributed by atoms with Crippen molar-refractivity contribution in [1.82, 2.24) is 19.5 Å². The van der Waals surface area contributed by atoms with Gasteiger partial charge in [0.15, 0.2) is 5.65 Å². The summed E-state index contributed by atoms with van der Waals surface area (Å²) in [6, 6.07) is 11.4. The number of fused-ring (bicyclic) bond motifs is 1. The van der Waals surface area contributed by atoms with Crippen LogP contribution in [0.25, 0.3) is 5.65 Å². The number of nitrogens with one attached hydrogen (secondary N) is 1. The molecule has 7 heteroatoms. The molecule has 25 heavy (non-hydrogen) atoms. The molecule has 1 aliphatic heterocycles. The van der Waals surface area contributed by atoms with E-state index < -0.39 is 0 Å². The summed E-state index contributed by atoms with van der Waals surface area (Å²) in [5.41, 5.74) is 1.40. The Hall–Kier alpha value is -2.96. The predicted octanol–water partition coefficient (Wildman–Crippen LogP) is 3.28. The van der Waals surface area contributed by atoms with Gasteiger partial charge in [-0.15, -0.1) is 10.2 Å². The number of aromatic nitrogens is 3. The van der Waals surface area contributed by atoms with E-state index in [0.717, 1.165) is 24.3 Å². The van der Waals surface area contributed by atoms with Gasteiger partial charge in [0.25, 0.3) is 0 Å². The molecule has 0 aliphatic carbocycles. The number of amides is 2. The summed E-state index contributed by atoms with van der Waals surface area (Å²) in [4.78, 5) is 14.3. The van der Waals surface area contributed by atoms with E-state index in [1.54, 1.807) is 17.0 Å². The van der Waals surface area contributed by atoms with Gasteiger partial charge >= 0.3 is 6.03 Å². The molecule has 128 valence electrons. The summed E-state index contributed by atoms with van der Waals surface area (Å²) >= 11 is 0. The van der Waals surface area contributed by atoms with E-state index in [1.807, 2.05) is 28.8 Å². The fourth-order valence-electron chi connectivity index (χ4n) is 3.25. The van der Waals surface area contributed by atoms with Crippen molar-refractivity contribution < 1.29 is 9.18 Å². The second-order valence-corrected chi connectivity index (χ2v) is 6.21. The van der Waals surface area contributed by atoms with E-state index in [9.17, 15) is 9.18 Å². The van der Waals surface area contributed by atoms with Crippen LogP contribution in [0.5, 0.6) is 0 Å². The quantitative estimate of drug-likeness (QED) is 0.779. The number of halogens is 1. The van der Waals surface area contributed by atoms with E-state index in [0.29, 0.717) is 18.8 Å². The monoisotopic (exact) mass is 339 g/mol. The van der Waals surface area contributed by atoms with Gasteiger partial charge < -0.3 is 10.2 Å². The maximum atomic E-state index is 13.0. The van der Waals surface area contributed by atoms with Crippen LogP contribution in [0.4, 0.5) is 14.9 Å². The van der Waals surface area contributed by atoms with Gasteiger partial charge in [-0.3, -0.25) is 4.40 Å². The molecule has 0 spiro atoms. The van der Waals surface area contributed by atoms with Crippen LogP contribution in [0.2, 0.25) is 0 Å². The van der Waals surface area contributed by atoms with Crippen molar-refractivity contribution in [2.24, 2.45) is 0 Å². The van der Waals surface area contributed by atoms with Crippen molar-refractivity contribution in [2.75, 3.05) is 18.4 Å². The first-order valence-corrected chi connectivity index (χ1v) is 8.32. The van der Waals surface area contributed by atoms with Crippen molar-refractivity contribution in [1.29, 1.82) is 0 Å².